The summed E-state index contributed by atoms with van der Waals surface area (Å²) in [6.07, 6.45) is 0. The quantitative estimate of drug-likeness (QED) is 0.149. The molecule has 2 aromatic carbocycles. The summed E-state index contributed by atoms with van der Waals surface area (Å²) in [5.41, 5.74) is 5.33. The van der Waals surface area contributed by atoms with Gasteiger partial charge in [-0.3, -0.25) is 14.8 Å². The molecule has 4 N–H and O–H groups in total. The van der Waals surface area contributed by atoms with Crippen molar-refractivity contribution in [3.05, 3.63) is 63.5 Å². The van der Waals surface area contributed by atoms with Gasteiger partial charge in [0.25, 0.3) is 0 Å². The predicted octanol–water partition coefficient (Wildman–Crippen LogP) is 3.26. The molecule has 1 aromatic heterocycles. The largest absolute Gasteiger partial charge is 0.378 e. The van der Waals surface area contributed by atoms with Crippen LogP contribution in [0, 0.1) is 10.5 Å². The van der Waals surface area contributed by atoms with Crippen LogP contribution in [0.4, 0.5) is 5.69 Å². The number of nitrogens with two attached hydrogens (primary N) is 1. The Hall–Kier alpha value is -2.11. The number of carbonyl (C=O) groups excluding carboxylic acids is 1. The molecule has 28 heavy (non-hydrogen) atoms. The molecule has 146 valence electrons. The topological polar surface area (TPSA) is 97.9 Å². The fraction of sp³-hybridized carbons (Fsp3) is 0.211. The van der Waals surface area contributed by atoms with Gasteiger partial charge in [-0.1, -0.05) is 30.0 Å². The van der Waals surface area contributed by atoms with Crippen molar-refractivity contribution in [2.24, 2.45) is 5.84 Å². The maximum Gasteiger partial charge on any atom is 0.247 e. The number of halogens is 1. The first kappa shape index (κ1) is 20.6. The standard InChI is InChI=1S/C19H21IN6OS/c1-12-10-14(20)8-9-16(12)22-11-17-24-25-19(28-13(2)18(27)23-21)26(17)15-6-4-3-5-7-15/h3-10,13,22H,11,21H2,1-2H3,(H,23,27)/t13-/m1/s1. The molecule has 0 aliphatic carbocycles. The number of nitrogens with one attached hydrogen (secondary N) is 2. The molecule has 0 saturated heterocycles. The fourth-order valence-electron chi connectivity index (χ4n) is 2.66. The number of anilines is 1. The van der Waals surface area contributed by atoms with Crippen LogP contribution in [0.3, 0.4) is 0 Å². The third-order valence-electron chi connectivity index (χ3n) is 4.13. The first-order valence-electron chi connectivity index (χ1n) is 8.66. The number of hydrazine groups is 1. The molecule has 0 saturated carbocycles. The molecule has 9 heteroatoms. The van der Waals surface area contributed by atoms with E-state index in [1.54, 1.807) is 6.92 Å². The summed E-state index contributed by atoms with van der Waals surface area (Å²) in [4.78, 5) is 11.8. The monoisotopic (exact) mass is 508 g/mol. The Morgan fingerprint density at radius 2 is 2.00 bits per heavy atom. The number of hydrogen-bond acceptors (Lipinski definition) is 6. The van der Waals surface area contributed by atoms with Gasteiger partial charge in [0.1, 0.15) is 0 Å². The first-order chi connectivity index (χ1) is 13.5. The summed E-state index contributed by atoms with van der Waals surface area (Å²) >= 11 is 3.61. The summed E-state index contributed by atoms with van der Waals surface area (Å²) < 4.78 is 3.15. The number of para-hydroxylation sites is 1. The van der Waals surface area contributed by atoms with E-state index >= 15 is 0 Å². The van der Waals surface area contributed by atoms with Crippen LogP contribution in [0.1, 0.15) is 18.3 Å². The van der Waals surface area contributed by atoms with E-state index in [-0.39, 0.29) is 5.91 Å². The van der Waals surface area contributed by atoms with Crippen LogP contribution in [0.2, 0.25) is 0 Å². The third-order valence-corrected chi connectivity index (χ3v) is 5.85. The second-order valence-corrected chi connectivity index (χ2v) is 8.70. The van der Waals surface area contributed by atoms with E-state index < -0.39 is 5.25 Å². The van der Waals surface area contributed by atoms with Crippen molar-refractivity contribution in [3.63, 3.8) is 0 Å². The van der Waals surface area contributed by atoms with Crippen molar-refractivity contribution in [1.82, 2.24) is 20.2 Å². The number of aromatic nitrogens is 3. The third kappa shape index (κ3) is 4.83. The zero-order valence-electron chi connectivity index (χ0n) is 15.5. The highest BCUT2D eigenvalue weighted by Crippen LogP contribution is 2.26. The Balaban J connectivity index is 1.89. The minimum atomic E-state index is -0.393. The van der Waals surface area contributed by atoms with Gasteiger partial charge >= 0.3 is 0 Å². The van der Waals surface area contributed by atoms with Gasteiger partial charge in [0.2, 0.25) is 5.91 Å². The van der Waals surface area contributed by atoms with E-state index in [0.717, 1.165) is 17.2 Å². The molecule has 1 heterocycles. The number of nitrogens with zero attached hydrogens (tertiary/aromatic N) is 3. The Bertz CT molecular complexity index is 962. The smallest absolute Gasteiger partial charge is 0.247 e. The number of aryl methyl sites for hydroxylation is 1. The van der Waals surface area contributed by atoms with Gasteiger partial charge in [-0.25, -0.2) is 5.84 Å². The number of hydrogen-bond donors (Lipinski definition) is 3. The number of benzene rings is 2. The van der Waals surface area contributed by atoms with E-state index in [0.29, 0.717) is 11.7 Å². The Morgan fingerprint density at radius 3 is 2.68 bits per heavy atom. The molecule has 0 aliphatic heterocycles. The fourth-order valence-corrected chi connectivity index (χ4v) is 4.20. The van der Waals surface area contributed by atoms with Gasteiger partial charge in [0.15, 0.2) is 11.0 Å². The predicted molar refractivity (Wildman–Crippen MR) is 120 cm³/mol. The van der Waals surface area contributed by atoms with Gasteiger partial charge in [0, 0.05) is 14.9 Å². The lowest BCUT2D eigenvalue weighted by molar-refractivity contribution is -0.120. The van der Waals surface area contributed by atoms with E-state index in [4.69, 9.17) is 5.84 Å². The van der Waals surface area contributed by atoms with Crippen molar-refractivity contribution in [1.29, 1.82) is 0 Å². The molecule has 0 bridgehead atoms. The van der Waals surface area contributed by atoms with Crippen LogP contribution in [-0.4, -0.2) is 25.9 Å². The highest BCUT2D eigenvalue weighted by atomic mass is 127. The summed E-state index contributed by atoms with van der Waals surface area (Å²) in [7, 11) is 0. The van der Waals surface area contributed by atoms with Crippen LogP contribution in [0.25, 0.3) is 5.69 Å². The van der Waals surface area contributed by atoms with Crippen LogP contribution in [0.15, 0.2) is 53.7 Å². The van der Waals surface area contributed by atoms with Gasteiger partial charge in [0.05, 0.1) is 11.8 Å². The molecular weight excluding hydrogens is 487 g/mol. The van der Waals surface area contributed by atoms with Crippen molar-refractivity contribution in [2.45, 2.75) is 30.8 Å². The van der Waals surface area contributed by atoms with Crippen molar-refractivity contribution in [3.8, 4) is 5.69 Å². The summed E-state index contributed by atoms with van der Waals surface area (Å²) in [5.74, 6) is 5.75. The second kappa shape index (κ2) is 9.39. The molecule has 0 fully saturated rings. The molecule has 3 aromatic rings. The summed E-state index contributed by atoms with van der Waals surface area (Å²) in [6, 6.07) is 16.1. The average Bonchev–Trinajstić information content (AvgIpc) is 3.09. The minimum Gasteiger partial charge on any atom is -0.378 e. The van der Waals surface area contributed by atoms with Crippen LogP contribution >= 0.6 is 34.4 Å². The first-order valence-corrected chi connectivity index (χ1v) is 10.6. The zero-order chi connectivity index (χ0) is 20.1. The van der Waals surface area contributed by atoms with Crippen LogP contribution in [0.5, 0.6) is 0 Å². The molecule has 0 radical (unpaired) electrons. The number of thioether (sulfide) groups is 1. The summed E-state index contributed by atoms with van der Waals surface area (Å²) in [5, 5.41) is 12.3. The normalized spacial score (nSPS) is 11.9. The molecule has 0 spiro atoms. The lowest BCUT2D eigenvalue weighted by atomic mass is 10.2. The minimum absolute atomic E-state index is 0.262. The van der Waals surface area contributed by atoms with E-state index in [1.807, 2.05) is 34.9 Å². The maximum atomic E-state index is 11.8. The Kier molecular flexibility index (Phi) is 6.92. The number of amides is 1. The number of carbonyl (C=O) groups is 1. The van der Waals surface area contributed by atoms with Gasteiger partial charge in [-0.15, -0.1) is 10.2 Å². The lowest BCUT2D eigenvalue weighted by Gasteiger charge is -2.14. The van der Waals surface area contributed by atoms with E-state index in [2.05, 4.69) is 68.7 Å². The molecule has 1 amide bonds. The molecule has 7 nitrogen and oxygen atoms in total. The van der Waals surface area contributed by atoms with Crippen molar-refractivity contribution < 1.29 is 4.79 Å². The van der Waals surface area contributed by atoms with Crippen molar-refractivity contribution in [2.75, 3.05) is 5.32 Å². The molecule has 3 rings (SSSR count). The van der Waals surface area contributed by atoms with Gasteiger partial charge in [-0.2, -0.15) is 0 Å². The second-order valence-electron chi connectivity index (χ2n) is 6.15. The lowest BCUT2D eigenvalue weighted by Crippen LogP contribution is -2.36. The van der Waals surface area contributed by atoms with Crippen LogP contribution < -0.4 is 16.6 Å². The maximum absolute atomic E-state index is 11.8. The van der Waals surface area contributed by atoms with Gasteiger partial charge in [-0.05, 0) is 72.3 Å². The molecule has 1 atom stereocenters. The number of rotatable bonds is 7. The van der Waals surface area contributed by atoms with Crippen molar-refractivity contribution >= 4 is 45.9 Å². The molecular formula is C19H21IN6OS. The van der Waals surface area contributed by atoms with E-state index in [1.165, 1.54) is 20.9 Å². The van der Waals surface area contributed by atoms with Crippen LogP contribution in [-0.2, 0) is 11.3 Å². The zero-order valence-corrected chi connectivity index (χ0v) is 18.5. The summed E-state index contributed by atoms with van der Waals surface area (Å²) in [6.45, 7) is 4.35. The highest BCUT2D eigenvalue weighted by molar-refractivity contribution is 14.1. The average molecular weight is 508 g/mol. The highest BCUT2D eigenvalue weighted by Gasteiger charge is 2.20. The SMILES string of the molecule is Cc1cc(I)ccc1NCc1nnc(S[C@H](C)C(=O)NN)n1-c1ccccc1. The van der Waals surface area contributed by atoms with Gasteiger partial charge < -0.3 is 5.32 Å². The Labute approximate surface area is 181 Å². The molecule has 0 unspecified atom stereocenters. The Morgan fingerprint density at radius 1 is 1.25 bits per heavy atom. The molecule has 0 aliphatic rings. The van der Waals surface area contributed by atoms with E-state index in [9.17, 15) is 4.79 Å².